The lowest BCUT2D eigenvalue weighted by molar-refractivity contribution is -0.165. The summed E-state index contributed by atoms with van der Waals surface area (Å²) in [6.45, 7) is 10.2. The predicted molar refractivity (Wildman–Crippen MR) is 81.0 cm³/mol. The summed E-state index contributed by atoms with van der Waals surface area (Å²) in [6.07, 6.45) is 4.77. The average molecular weight is 296 g/mol. The van der Waals surface area contributed by atoms with E-state index in [1.165, 1.54) is 0 Å². The van der Waals surface area contributed by atoms with Gasteiger partial charge in [-0.1, -0.05) is 20.4 Å². The van der Waals surface area contributed by atoms with Crippen molar-refractivity contribution in [1.82, 2.24) is 0 Å². The minimum absolute atomic E-state index is 0.171. The molecule has 2 saturated heterocycles. The molecule has 0 N–H and O–H groups in total. The van der Waals surface area contributed by atoms with Gasteiger partial charge in [-0.15, -0.1) is 0 Å². The number of methoxy groups -OCH3 is 1. The van der Waals surface area contributed by atoms with Crippen LogP contribution in [-0.2, 0) is 19.0 Å². The van der Waals surface area contributed by atoms with Crippen molar-refractivity contribution in [1.29, 1.82) is 0 Å². The van der Waals surface area contributed by atoms with E-state index >= 15 is 0 Å². The largest absolute Gasteiger partial charge is 0.455 e. The standard InChI is InChI=1S/C17H28O4/c1-6-17(7-2,21-15(18)12(3)4)13-10-16(11-19-5)9-8-14(13)20-16/h13-14H,3,6-11H2,1-2,4-5H3. The molecule has 2 fully saturated rings. The van der Waals surface area contributed by atoms with E-state index in [4.69, 9.17) is 14.2 Å². The van der Waals surface area contributed by atoms with Gasteiger partial charge in [-0.25, -0.2) is 4.79 Å². The molecule has 21 heavy (non-hydrogen) atoms. The number of hydrogen-bond donors (Lipinski definition) is 0. The van der Waals surface area contributed by atoms with Gasteiger partial charge in [0, 0.05) is 18.6 Å². The summed E-state index contributed by atoms with van der Waals surface area (Å²) in [4.78, 5) is 12.1. The van der Waals surface area contributed by atoms with Gasteiger partial charge < -0.3 is 14.2 Å². The van der Waals surface area contributed by atoms with Crippen molar-refractivity contribution in [2.75, 3.05) is 13.7 Å². The van der Waals surface area contributed by atoms with Crippen molar-refractivity contribution >= 4 is 5.97 Å². The third-order valence-corrected chi connectivity index (χ3v) is 5.25. The summed E-state index contributed by atoms with van der Waals surface area (Å²) in [7, 11) is 1.72. The van der Waals surface area contributed by atoms with Crippen LogP contribution < -0.4 is 0 Å². The van der Waals surface area contributed by atoms with E-state index < -0.39 is 5.60 Å². The Balaban J connectivity index is 2.20. The molecule has 0 saturated carbocycles. The third-order valence-electron chi connectivity index (χ3n) is 5.25. The molecular weight excluding hydrogens is 268 g/mol. The molecule has 120 valence electrons. The Labute approximate surface area is 127 Å². The first kappa shape index (κ1) is 16.5. The molecule has 0 spiro atoms. The monoisotopic (exact) mass is 296 g/mol. The van der Waals surface area contributed by atoms with Crippen molar-refractivity contribution in [3.63, 3.8) is 0 Å². The number of esters is 1. The smallest absolute Gasteiger partial charge is 0.333 e. The van der Waals surface area contributed by atoms with Crippen LogP contribution in [0.3, 0.4) is 0 Å². The van der Waals surface area contributed by atoms with Gasteiger partial charge in [-0.05, 0) is 39.0 Å². The lowest BCUT2D eigenvalue weighted by Crippen LogP contribution is -2.47. The summed E-state index contributed by atoms with van der Waals surface area (Å²) >= 11 is 0. The van der Waals surface area contributed by atoms with Crippen LogP contribution in [0.15, 0.2) is 12.2 Å². The van der Waals surface area contributed by atoms with E-state index in [1.807, 2.05) is 0 Å². The maximum atomic E-state index is 12.1. The zero-order valence-corrected chi connectivity index (χ0v) is 13.7. The zero-order chi connectivity index (χ0) is 15.7. The molecule has 3 unspecified atom stereocenters. The molecule has 0 aromatic heterocycles. The van der Waals surface area contributed by atoms with E-state index in [0.29, 0.717) is 12.2 Å². The molecule has 2 aliphatic rings. The van der Waals surface area contributed by atoms with Crippen LogP contribution in [0.25, 0.3) is 0 Å². The molecule has 0 aromatic rings. The van der Waals surface area contributed by atoms with E-state index in [9.17, 15) is 4.79 Å². The molecule has 0 amide bonds. The highest BCUT2D eigenvalue weighted by Gasteiger charge is 2.58. The van der Waals surface area contributed by atoms with Crippen LogP contribution in [-0.4, -0.2) is 37.0 Å². The Bertz CT molecular complexity index is 413. The topological polar surface area (TPSA) is 44.8 Å². The number of ether oxygens (including phenoxy) is 3. The summed E-state index contributed by atoms with van der Waals surface area (Å²) in [5.74, 6) is -0.0398. The van der Waals surface area contributed by atoms with Crippen molar-refractivity contribution in [2.24, 2.45) is 5.92 Å². The van der Waals surface area contributed by atoms with E-state index in [1.54, 1.807) is 14.0 Å². The first-order chi connectivity index (χ1) is 9.92. The maximum Gasteiger partial charge on any atom is 0.333 e. The van der Waals surface area contributed by atoms with Gasteiger partial charge in [0.15, 0.2) is 0 Å². The van der Waals surface area contributed by atoms with Crippen LogP contribution in [0.4, 0.5) is 0 Å². The van der Waals surface area contributed by atoms with Crippen LogP contribution in [0.2, 0.25) is 0 Å². The quantitative estimate of drug-likeness (QED) is 0.534. The number of carbonyl (C=O) groups excluding carboxylic acids is 1. The second-order valence-electron chi connectivity index (χ2n) is 6.56. The molecule has 2 heterocycles. The second-order valence-corrected chi connectivity index (χ2v) is 6.56. The fourth-order valence-corrected chi connectivity index (χ4v) is 4.03. The highest BCUT2D eigenvalue weighted by atomic mass is 16.6. The minimum Gasteiger partial charge on any atom is -0.455 e. The summed E-state index contributed by atoms with van der Waals surface area (Å²) in [6, 6.07) is 0. The third kappa shape index (κ3) is 2.88. The van der Waals surface area contributed by atoms with Crippen LogP contribution >= 0.6 is 0 Å². The SMILES string of the molecule is C=C(C)C(=O)OC(CC)(CC)C1CC2(COC)CCC1O2. The highest BCUT2D eigenvalue weighted by Crippen LogP contribution is 2.53. The van der Waals surface area contributed by atoms with Crippen LogP contribution in [0, 0.1) is 5.92 Å². The molecule has 4 heteroatoms. The maximum absolute atomic E-state index is 12.1. The zero-order valence-electron chi connectivity index (χ0n) is 13.7. The van der Waals surface area contributed by atoms with Gasteiger partial charge >= 0.3 is 5.97 Å². The van der Waals surface area contributed by atoms with Crippen molar-refractivity contribution in [3.05, 3.63) is 12.2 Å². The Morgan fingerprint density at radius 2 is 2.10 bits per heavy atom. The lowest BCUT2D eigenvalue weighted by Gasteiger charge is -2.41. The van der Waals surface area contributed by atoms with Crippen LogP contribution in [0.5, 0.6) is 0 Å². The summed E-state index contributed by atoms with van der Waals surface area (Å²) in [5.41, 5.74) is -0.164. The average Bonchev–Trinajstić information content (AvgIpc) is 3.03. The molecule has 3 atom stereocenters. The van der Waals surface area contributed by atoms with E-state index in [0.717, 1.165) is 32.1 Å². The van der Waals surface area contributed by atoms with Gasteiger partial charge in [-0.2, -0.15) is 0 Å². The molecule has 2 aliphatic heterocycles. The Hall–Kier alpha value is -0.870. The number of hydrogen-bond acceptors (Lipinski definition) is 4. The normalized spacial score (nSPS) is 31.4. The first-order valence-electron chi connectivity index (χ1n) is 7.97. The molecule has 2 bridgehead atoms. The predicted octanol–water partition coefficient (Wildman–Crippen LogP) is 3.25. The minimum atomic E-state index is -0.448. The van der Waals surface area contributed by atoms with E-state index in [2.05, 4.69) is 20.4 Å². The van der Waals surface area contributed by atoms with Gasteiger partial charge in [-0.3, -0.25) is 0 Å². The van der Waals surface area contributed by atoms with Crippen molar-refractivity contribution < 1.29 is 19.0 Å². The van der Waals surface area contributed by atoms with Gasteiger partial charge in [0.1, 0.15) is 5.60 Å². The van der Waals surface area contributed by atoms with Gasteiger partial charge in [0.25, 0.3) is 0 Å². The van der Waals surface area contributed by atoms with E-state index in [-0.39, 0.29) is 23.6 Å². The fourth-order valence-electron chi connectivity index (χ4n) is 4.03. The number of rotatable bonds is 7. The number of carbonyl (C=O) groups is 1. The van der Waals surface area contributed by atoms with Gasteiger partial charge in [0.05, 0.1) is 18.3 Å². The first-order valence-corrected chi connectivity index (χ1v) is 7.97. The lowest BCUT2D eigenvalue weighted by atomic mass is 9.70. The Kier molecular flexibility index (Phi) is 4.79. The highest BCUT2D eigenvalue weighted by molar-refractivity contribution is 5.87. The Morgan fingerprint density at radius 3 is 2.62 bits per heavy atom. The summed E-state index contributed by atoms with van der Waals surface area (Å²) < 4.78 is 17.5. The van der Waals surface area contributed by atoms with Crippen LogP contribution in [0.1, 0.15) is 52.9 Å². The number of fused-ring (bicyclic) bond motifs is 2. The van der Waals surface area contributed by atoms with Crippen molar-refractivity contribution in [3.8, 4) is 0 Å². The molecule has 2 rings (SSSR count). The summed E-state index contributed by atoms with van der Waals surface area (Å²) in [5, 5.41) is 0. The van der Waals surface area contributed by atoms with Crippen molar-refractivity contribution in [2.45, 2.75) is 70.2 Å². The Morgan fingerprint density at radius 1 is 1.43 bits per heavy atom. The molecule has 0 radical (unpaired) electrons. The molecular formula is C17H28O4. The molecule has 0 aromatic carbocycles. The van der Waals surface area contributed by atoms with Gasteiger partial charge in [0.2, 0.25) is 0 Å². The molecule has 0 aliphatic carbocycles. The molecule has 4 nitrogen and oxygen atoms in total. The fraction of sp³-hybridized carbons (Fsp3) is 0.824. The second kappa shape index (κ2) is 6.09.